The Balaban J connectivity index is 3.09. The normalized spacial score (nSPS) is 12.8. The van der Waals surface area contributed by atoms with Crippen LogP contribution < -0.4 is 5.73 Å². The fourth-order valence-corrected chi connectivity index (χ4v) is 2.15. The molecular formula is C16H35NO. The minimum Gasteiger partial charge on any atom is -0.364 e. The first-order valence-electron chi connectivity index (χ1n) is 8.18. The van der Waals surface area contributed by atoms with Gasteiger partial charge in [0.1, 0.15) is 6.23 Å². The number of hydrogen-bond acceptors (Lipinski definition) is 2. The van der Waals surface area contributed by atoms with E-state index < -0.39 is 0 Å². The Hall–Kier alpha value is -0.0800. The molecule has 0 heterocycles. The molecule has 0 bridgehead atoms. The van der Waals surface area contributed by atoms with Gasteiger partial charge in [-0.2, -0.15) is 0 Å². The van der Waals surface area contributed by atoms with Crippen LogP contribution in [-0.2, 0) is 4.74 Å². The van der Waals surface area contributed by atoms with E-state index in [-0.39, 0.29) is 6.23 Å². The molecule has 0 saturated carbocycles. The van der Waals surface area contributed by atoms with E-state index >= 15 is 0 Å². The number of rotatable bonds is 14. The van der Waals surface area contributed by atoms with E-state index in [2.05, 4.69) is 13.8 Å². The standard InChI is InChI=1S/C16H35NO/c1-3-5-7-9-10-11-12-14-16(17)18-15-13-8-6-4-2/h16H,3-15,17H2,1-2H3. The van der Waals surface area contributed by atoms with E-state index in [1.165, 1.54) is 70.6 Å². The molecule has 0 radical (unpaired) electrons. The Labute approximate surface area is 115 Å². The molecule has 0 aromatic heterocycles. The predicted molar refractivity (Wildman–Crippen MR) is 80.7 cm³/mol. The van der Waals surface area contributed by atoms with Crippen LogP contribution in [0, 0.1) is 0 Å². The summed E-state index contributed by atoms with van der Waals surface area (Å²) in [5.41, 5.74) is 5.93. The van der Waals surface area contributed by atoms with Crippen molar-refractivity contribution < 1.29 is 4.74 Å². The largest absolute Gasteiger partial charge is 0.364 e. The van der Waals surface area contributed by atoms with E-state index in [0.717, 1.165) is 13.0 Å². The van der Waals surface area contributed by atoms with Crippen molar-refractivity contribution >= 4 is 0 Å². The molecule has 0 aromatic carbocycles. The molecule has 0 fully saturated rings. The first-order chi connectivity index (χ1) is 8.81. The Morgan fingerprint density at radius 2 is 1.22 bits per heavy atom. The molecule has 0 spiro atoms. The van der Waals surface area contributed by atoms with Crippen molar-refractivity contribution in [3.05, 3.63) is 0 Å². The molecule has 1 unspecified atom stereocenters. The molecule has 0 aliphatic carbocycles. The van der Waals surface area contributed by atoms with Crippen molar-refractivity contribution in [3.8, 4) is 0 Å². The summed E-state index contributed by atoms with van der Waals surface area (Å²) in [5.74, 6) is 0. The third-order valence-corrected chi connectivity index (χ3v) is 3.42. The number of nitrogens with two attached hydrogens (primary N) is 1. The van der Waals surface area contributed by atoms with Gasteiger partial charge in [0.05, 0.1) is 0 Å². The van der Waals surface area contributed by atoms with Gasteiger partial charge >= 0.3 is 0 Å². The van der Waals surface area contributed by atoms with E-state index in [1.54, 1.807) is 0 Å². The van der Waals surface area contributed by atoms with Gasteiger partial charge in [0.15, 0.2) is 0 Å². The second-order valence-electron chi connectivity index (χ2n) is 5.38. The SMILES string of the molecule is CCCCCCCCCC(N)OCCCCCC. The van der Waals surface area contributed by atoms with Crippen LogP contribution in [0.1, 0.15) is 90.9 Å². The summed E-state index contributed by atoms with van der Waals surface area (Å²) in [6.45, 7) is 5.33. The highest BCUT2D eigenvalue weighted by Gasteiger charge is 2.01. The van der Waals surface area contributed by atoms with Crippen molar-refractivity contribution in [1.82, 2.24) is 0 Å². The van der Waals surface area contributed by atoms with E-state index in [9.17, 15) is 0 Å². The minimum absolute atomic E-state index is 0.0257. The smallest absolute Gasteiger partial charge is 0.105 e. The molecule has 110 valence electrons. The Morgan fingerprint density at radius 3 is 1.83 bits per heavy atom. The predicted octanol–water partition coefficient (Wildman–Crippen LogP) is 5.01. The van der Waals surface area contributed by atoms with Crippen LogP contribution in [0.3, 0.4) is 0 Å². The number of ether oxygens (including phenoxy) is 1. The number of hydrogen-bond donors (Lipinski definition) is 1. The Morgan fingerprint density at radius 1 is 0.722 bits per heavy atom. The van der Waals surface area contributed by atoms with Gasteiger partial charge in [-0.25, -0.2) is 0 Å². The average Bonchev–Trinajstić information content (AvgIpc) is 2.37. The van der Waals surface area contributed by atoms with E-state index in [4.69, 9.17) is 10.5 Å². The summed E-state index contributed by atoms with van der Waals surface area (Å²) in [5, 5.41) is 0. The molecule has 2 N–H and O–H groups in total. The maximum absolute atomic E-state index is 5.93. The van der Waals surface area contributed by atoms with Crippen LogP contribution in [0.4, 0.5) is 0 Å². The lowest BCUT2D eigenvalue weighted by Gasteiger charge is -2.12. The zero-order valence-electron chi connectivity index (χ0n) is 12.8. The van der Waals surface area contributed by atoms with Crippen molar-refractivity contribution in [2.24, 2.45) is 5.73 Å². The van der Waals surface area contributed by atoms with Crippen molar-refractivity contribution in [2.75, 3.05) is 6.61 Å². The Kier molecular flexibility index (Phi) is 14.9. The molecule has 0 aromatic rings. The fourth-order valence-electron chi connectivity index (χ4n) is 2.15. The topological polar surface area (TPSA) is 35.2 Å². The van der Waals surface area contributed by atoms with Crippen molar-refractivity contribution in [1.29, 1.82) is 0 Å². The minimum atomic E-state index is -0.0257. The van der Waals surface area contributed by atoms with Gasteiger partial charge in [0.25, 0.3) is 0 Å². The van der Waals surface area contributed by atoms with Crippen LogP contribution in [0.2, 0.25) is 0 Å². The third kappa shape index (κ3) is 14.0. The van der Waals surface area contributed by atoms with Gasteiger partial charge in [-0.05, 0) is 19.3 Å². The zero-order chi connectivity index (χ0) is 13.5. The van der Waals surface area contributed by atoms with Gasteiger partial charge in [0.2, 0.25) is 0 Å². The van der Waals surface area contributed by atoms with Crippen molar-refractivity contribution in [2.45, 2.75) is 97.1 Å². The summed E-state index contributed by atoms with van der Waals surface area (Å²) in [7, 11) is 0. The van der Waals surface area contributed by atoms with E-state index in [1.807, 2.05) is 0 Å². The van der Waals surface area contributed by atoms with Crippen LogP contribution in [0.5, 0.6) is 0 Å². The molecule has 18 heavy (non-hydrogen) atoms. The molecule has 0 saturated heterocycles. The lowest BCUT2D eigenvalue weighted by molar-refractivity contribution is 0.0475. The van der Waals surface area contributed by atoms with Crippen LogP contribution in [0.15, 0.2) is 0 Å². The highest BCUT2D eigenvalue weighted by molar-refractivity contribution is 4.51. The maximum Gasteiger partial charge on any atom is 0.105 e. The molecule has 2 nitrogen and oxygen atoms in total. The summed E-state index contributed by atoms with van der Waals surface area (Å²) in [6, 6.07) is 0. The average molecular weight is 257 g/mol. The highest BCUT2D eigenvalue weighted by Crippen LogP contribution is 2.10. The molecule has 1 atom stereocenters. The number of unbranched alkanes of at least 4 members (excludes halogenated alkanes) is 9. The van der Waals surface area contributed by atoms with Gasteiger partial charge in [-0.3, -0.25) is 0 Å². The van der Waals surface area contributed by atoms with Gasteiger partial charge < -0.3 is 10.5 Å². The van der Waals surface area contributed by atoms with Crippen LogP contribution in [-0.4, -0.2) is 12.8 Å². The lowest BCUT2D eigenvalue weighted by atomic mass is 10.1. The second-order valence-corrected chi connectivity index (χ2v) is 5.38. The summed E-state index contributed by atoms with van der Waals surface area (Å²) in [4.78, 5) is 0. The second kappa shape index (κ2) is 15.0. The molecule has 0 rings (SSSR count). The summed E-state index contributed by atoms with van der Waals surface area (Å²) >= 11 is 0. The van der Waals surface area contributed by atoms with Gasteiger partial charge in [0, 0.05) is 6.61 Å². The zero-order valence-corrected chi connectivity index (χ0v) is 12.8. The lowest BCUT2D eigenvalue weighted by Crippen LogP contribution is -2.24. The first-order valence-corrected chi connectivity index (χ1v) is 8.18. The highest BCUT2D eigenvalue weighted by atomic mass is 16.5. The van der Waals surface area contributed by atoms with Crippen molar-refractivity contribution in [3.63, 3.8) is 0 Å². The maximum atomic E-state index is 5.93. The molecular weight excluding hydrogens is 222 g/mol. The Bertz CT molecular complexity index is 150. The quantitative estimate of drug-likeness (QED) is 0.351. The molecule has 0 aliphatic rings. The van der Waals surface area contributed by atoms with Gasteiger partial charge in [-0.1, -0.05) is 71.6 Å². The third-order valence-electron chi connectivity index (χ3n) is 3.42. The monoisotopic (exact) mass is 257 g/mol. The van der Waals surface area contributed by atoms with Crippen LogP contribution >= 0.6 is 0 Å². The fraction of sp³-hybridized carbons (Fsp3) is 1.00. The molecule has 0 amide bonds. The van der Waals surface area contributed by atoms with Gasteiger partial charge in [-0.15, -0.1) is 0 Å². The summed E-state index contributed by atoms with van der Waals surface area (Å²) in [6.07, 6.45) is 15.5. The van der Waals surface area contributed by atoms with Crippen LogP contribution in [0.25, 0.3) is 0 Å². The van der Waals surface area contributed by atoms with E-state index in [0.29, 0.717) is 0 Å². The summed E-state index contributed by atoms with van der Waals surface area (Å²) < 4.78 is 5.61. The first kappa shape index (κ1) is 17.9. The molecule has 2 heteroatoms. The molecule has 0 aliphatic heterocycles.